The molecule has 1 N–H and O–H groups in total. The fraction of sp³-hybridized carbons (Fsp3) is 0.440. The van der Waals surface area contributed by atoms with Crippen LogP contribution in [-0.4, -0.2) is 34.6 Å². The predicted molar refractivity (Wildman–Crippen MR) is 136 cm³/mol. The Morgan fingerprint density at radius 2 is 1.72 bits per heavy atom. The first-order chi connectivity index (χ1) is 15.2. The first-order valence-corrected chi connectivity index (χ1v) is 12.7. The SMILES string of the molecule is CC[C@@H](C)NC(=O)[C@@H](CC)N(Cc1ccc(Cl)c(Cl)c1)C(=O)CCSc1ccc(C)cc1. The van der Waals surface area contributed by atoms with Crippen molar-refractivity contribution in [3.63, 3.8) is 0 Å². The summed E-state index contributed by atoms with van der Waals surface area (Å²) in [6, 6.07) is 13.1. The van der Waals surface area contributed by atoms with Crippen molar-refractivity contribution in [3.05, 3.63) is 63.6 Å². The van der Waals surface area contributed by atoms with Gasteiger partial charge in [0, 0.05) is 29.7 Å². The van der Waals surface area contributed by atoms with Gasteiger partial charge in [0.1, 0.15) is 6.04 Å². The van der Waals surface area contributed by atoms with E-state index in [1.807, 2.05) is 33.8 Å². The first-order valence-electron chi connectivity index (χ1n) is 11.0. The zero-order chi connectivity index (χ0) is 23.7. The van der Waals surface area contributed by atoms with Crippen LogP contribution in [0, 0.1) is 6.92 Å². The lowest BCUT2D eigenvalue weighted by Crippen LogP contribution is -2.50. The van der Waals surface area contributed by atoms with Gasteiger partial charge in [-0.2, -0.15) is 0 Å². The van der Waals surface area contributed by atoms with Gasteiger partial charge in [-0.25, -0.2) is 0 Å². The lowest BCUT2D eigenvalue weighted by Gasteiger charge is -2.31. The van der Waals surface area contributed by atoms with Gasteiger partial charge in [-0.05, 0) is 56.5 Å². The van der Waals surface area contributed by atoms with Crippen LogP contribution in [0.1, 0.15) is 51.2 Å². The molecular weight excluding hydrogens is 463 g/mol. The number of thioether (sulfide) groups is 1. The van der Waals surface area contributed by atoms with E-state index in [4.69, 9.17) is 23.2 Å². The lowest BCUT2D eigenvalue weighted by molar-refractivity contribution is -0.141. The average Bonchev–Trinajstić information content (AvgIpc) is 2.77. The normalized spacial score (nSPS) is 12.8. The zero-order valence-electron chi connectivity index (χ0n) is 19.2. The van der Waals surface area contributed by atoms with E-state index in [1.165, 1.54) is 5.56 Å². The van der Waals surface area contributed by atoms with Crippen LogP contribution < -0.4 is 5.32 Å². The Balaban J connectivity index is 2.16. The van der Waals surface area contributed by atoms with E-state index in [1.54, 1.807) is 28.8 Å². The maximum Gasteiger partial charge on any atom is 0.243 e. The quantitative estimate of drug-likeness (QED) is 0.362. The van der Waals surface area contributed by atoms with Gasteiger partial charge >= 0.3 is 0 Å². The maximum absolute atomic E-state index is 13.3. The third-order valence-corrected chi connectivity index (χ3v) is 7.08. The van der Waals surface area contributed by atoms with Gasteiger partial charge in [0.05, 0.1) is 10.0 Å². The van der Waals surface area contributed by atoms with E-state index in [9.17, 15) is 9.59 Å². The molecule has 0 spiro atoms. The number of hydrogen-bond acceptors (Lipinski definition) is 3. The fourth-order valence-corrected chi connectivity index (χ4v) is 4.39. The van der Waals surface area contributed by atoms with Crippen molar-refractivity contribution < 1.29 is 9.59 Å². The van der Waals surface area contributed by atoms with Crippen molar-refractivity contribution in [2.24, 2.45) is 0 Å². The van der Waals surface area contributed by atoms with Gasteiger partial charge < -0.3 is 10.2 Å². The number of nitrogens with one attached hydrogen (secondary N) is 1. The van der Waals surface area contributed by atoms with Gasteiger partial charge in [0.2, 0.25) is 11.8 Å². The highest BCUT2D eigenvalue weighted by Crippen LogP contribution is 2.25. The molecule has 0 saturated heterocycles. The number of halogens is 2. The number of carbonyl (C=O) groups excluding carboxylic acids is 2. The third kappa shape index (κ3) is 8.02. The molecule has 0 aliphatic carbocycles. The summed E-state index contributed by atoms with van der Waals surface area (Å²) < 4.78 is 0. The summed E-state index contributed by atoms with van der Waals surface area (Å²) in [6.07, 6.45) is 1.70. The Morgan fingerprint density at radius 3 is 2.31 bits per heavy atom. The summed E-state index contributed by atoms with van der Waals surface area (Å²) in [5.74, 6) is 0.465. The van der Waals surface area contributed by atoms with Gasteiger partial charge in [-0.15, -0.1) is 11.8 Å². The standard InChI is InChI=1S/C25H32Cl2N2O2S/c1-5-18(4)28-25(31)23(6-2)29(16-19-9-12-21(26)22(27)15-19)24(30)13-14-32-20-10-7-17(3)8-11-20/h7-12,15,18,23H,5-6,13-14,16H2,1-4H3,(H,28,31)/t18-,23-/m1/s1. The monoisotopic (exact) mass is 494 g/mol. The third-order valence-electron chi connectivity index (χ3n) is 5.33. The van der Waals surface area contributed by atoms with Crippen LogP contribution in [0.5, 0.6) is 0 Å². The molecule has 2 amide bonds. The molecule has 2 aromatic carbocycles. The summed E-state index contributed by atoms with van der Waals surface area (Å²) in [6.45, 7) is 8.27. The van der Waals surface area contributed by atoms with E-state index in [-0.39, 0.29) is 17.9 Å². The maximum atomic E-state index is 13.3. The van der Waals surface area contributed by atoms with Crippen molar-refractivity contribution in [1.29, 1.82) is 0 Å². The first kappa shape index (κ1) is 26.6. The van der Waals surface area contributed by atoms with Crippen molar-refractivity contribution in [1.82, 2.24) is 10.2 Å². The van der Waals surface area contributed by atoms with E-state index in [0.29, 0.717) is 35.2 Å². The second kappa shape index (κ2) is 13.1. The Hall–Kier alpha value is -1.69. The minimum Gasteiger partial charge on any atom is -0.352 e. The number of benzene rings is 2. The molecule has 4 nitrogen and oxygen atoms in total. The Kier molecular flexibility index (Phi) is 10.9. The van der Waals surface area contributed by atoms with Gasteiger partial charge in [0.25, 0.3) is 0 Å². The Bertz CT molecular complexity index is 905. The molecular formula is C25H32Cl2N2O2S. The van der Waals surface area contributed by atoms with Crippen molar-refractivity contribution in [2.75, 3.05) is 5.75 Å². The molecule has 2 atom stereocenters. The summed E-state index contributed by atoms with van der Waals surface area (Å²) in [4.78, 5) is 29.0. The number of hydrogen-bond donors (Lipinski definition) is 1. The second-order valence-electron chi connectivity index (χ2n) is 7.92. The van der Waals surface area contributed by atoms with E-state index >= 15 is 0 Å². The summed E-state index contributed by atoms with van der Waals surface area (Å²) in [5.41, 5.74) is 2.05. The molecule has 174 valence electrons. The van der Waals surface area contributed by atoms with E-state index in [2.05, 4.69) is 29.6 Å². The summed E-state index contributed by atoms with van der Waals surface area (Å²) in [7, 11) is 0. The predicted octanol–water partition coefficient (Wildman–Crippen LogP) is 6.51. The molecule has 2 aromatic rings. The van der Waals surface area contributed by atoms with Crippen LogP contribution in [0.4, 0.5) is 0 Å². The number of aryl methyl sites for hydroxylation is 1. The molecule has 0 aliphatic rings. The van der Waals surface area contributed by atoms with Gasteiger partial charge in [-0.1, -0.05) is 60.8 Å². The largest absolute Gasteiger partial charge is 0.352 e. The lowest BCUT2D eigenvalue weighted by atomic mass is 10.1. The summed E-state index contributed by atoms with van der Waals surface area (Å²) in [5, 5.41) is 3.92. The molecule has 0 radical (unpaired) electrons. The smallest absolute Gasteiger partial charge is 0.243 e. The van der Waals surface area contributed by atoms with Crippen LogP contribution in [0.2, 0.25) is 10.0 Å². The minimum absolute atomic E-state index is 0.0515. The average molecular weight is 496 g/mol. The van der Waals surface area contributed by atoms with Crippen LogP contribution in [0.15, 0.2) is 47.4 Å². The van der Waals surface area contributed by atoms with E-state index < -0.39 is 6.04 Å². The van der Waals surface area contributed by atoms with E-state index in [0.717, 1.165) is 16.9 Å². The summed E-state index contributed by atoms with van der Waals surface area (Å²) >= 11 is 13.9. The number of nitrogens with zero attached hydrogens (tertiary/aromatic N) is 1. The number of rotatable bonds is 11. The van der Waals surface area contributed by atoms with Crippen molar-refractivity contribution in [2.45, 2.75) is 70.5 Å². The topological polar surface area (TPSA) is 49.4 Å². The molecule has 7 heteroatoms. The number of carbonyl (C=O) groups is 2. The zero-order valence-corrected chi connectivity index (χ0v) is 21.5. The van der Waals surface area contributed by atoms with Crippen LogP contribution >= 0.6 is 35.0 Å². The van der Waals surface area contributed by atoms with Crippen LogP contribution in [0.25, 0.3) is 0 Å². The highest BCUT2D eigenvalue weighted by molar-refractivity contribution is 7.99. The van der Waals surface area contributed by atoms with Crippen molar-refractivity contribution in [3.8, 4) is 0 Å². The van der Waals surface area contributed by atoms with Gasteiger partial charge in [-0.3, -0.25) is 9.59 Å². The Morgan fingerprint density at radius 1 is 1.03 bits per heavy atom. The Labute approximate surface area is 206 Å². The number of amides is 2. The molecule has 0 saturated carbocycles. The minimum atomic E-state index is -0.546. The van der Waals surface area contributed by atoms with Crippen LogP contribution in [0.3, 0.4) is 0 Å². The molecule has 0 unspecified atom stereocenters. The molecule has 0 aromatic heterocycles. The van der Waals surface area contributed by atoms with Gasteiger partial charge in [0.15, 0.2) is 0 Å². The molecule has 0 aliphatic heterocycles. The highest BCUT2D eigenvalue weighted by Gasteiger charge is 2.29. The van der Waals surface area contributed by atoms with Crippen LogP contribution in [-0.2, 0) is 16.1 Å². The highest BCUT2D eigenvalue weighted by atomic mass is 35.5. The second-order valence-corrected chi connectivity index (χ2v) is 9.91. The molecule has 0 bridgehead atoms. The van der Waals surface area contributed by atoms with Crippen molar-refractivity contribution >= 4 is 46.8 Å². The fourth-order valence-electron chi connectivity index (χ4n) is 3.23. The molecule has 0 fully saturated rings. The molecule has 2 rings (SSSR count). The molecule has 0 heterocycles. The molecule has 32 heavy (non-hydrogen) atoms.